The Balaban J connectivity index is 1.66. The summed E-state index contributed by atoms with van der Waals surface area (Å²) in [4.78, 5) is 9.02. The Morgan fingerprint density at radius 2 is 2.00 bits per heavy atom. The van der Waals surface area contributed by atoms with E-state index in [0.29, 0.717) is 0 Å². The maximum atomic E-state index is 4.70. The molecule has 0 radical (unpaired) electrons. The quantitative estimate of drug-likeness (QED) is 0.418. The van der Waals surface area contributed by atoms with Crippen molar-refractivity contribution in [1.29, 1.82) is 0 Å². The Morgan fingerprint density at radius 3 is 2.93 bits per heavy atom. The molecular weight excluding hydrogens is 348 g/mol. The highest BCUT2D eigenvalue weighted by atomic mass is 32.2. The summed E-state index contributed by atoms with van der Waals surface area (Å²) in [7, 11) is 0. The summed E-state index contributed by atoms with van der Waals surface area (Å²) in [6, 6.07) is 13.4. The minimum absolute atomic E-state index is 0.844. The van der Waals surface area contributed by atoms with Crippen LogP contribution in [0.3, 0.4) is 0 Å². The Bertz CT molecular complexity index is 1090. The van der Waals surface area contributed by atoms with Gasteiger partial charge in [0.2, 0.25) is 0 Å². The molecule has 3 heteroatoms. The van der Waals surface area contributed by atoms with Gasteiger partial charge < -0.3 is 0 Å². The highest BCUT2D eigenvalue weighted by molar-refractivity contribution is 7.98. The fraction of sp³-hybridized carbons (Fsp3) is 0.250. The van der Waals surface area contributed by atoms with Gasteiger partial charge >= 0.3 is 0 Å². The summed E-state index contributed by atoms with van der Waals surface area (Å²) in [6.07, 6.45) is 14.2. The topological polar surface area (TPSA) is 25.8 Å². The summed E-state index contributed by atoms with van der Waals surface area (Å²) in [6.45, 7) is 0. The van der Waals surface area contributed by atoms with Crippen molar-refractivity contribution in [3.8, 4) is 0 Å². The third-order valence-electron chi connectivity index (χ3n) is 5.73. The Labute approximate surface area is 164 Å². The Hall–Kier alpha value is -2.39. The minimum atomic E-state index is 0.844. The van der Waals surface area contributed by atoms with Crippen LogP contribution in [0.15, 0.2) is 65.5 Å². The van der Waals surface area contributed by atoms with Crippen molar-refractivity contribution in [1.82, 2.24) is 9.97 Å². The third kappa shape index (κ3) is 3.00. The standard InChI is InChI=1S/C24H22N2S/c1-27-24-25-14-13-19(26-24)15-18-7-4-6-17-10-11-21-20-8-3-2-5-16(20)9-12-22(21)23(17)18/h3-4,6-8,10-11,13-14H,2,5,9,12,15H2,1H3. The number of benzene rings is 2. The maximum Gasteiger partial charge on any atom is 0.187 e. The predicted octanol–water partition coefficient (Wildman–Crippen LogP) is 5.99. The molecule has 0 aliphatic heterocycles. The van der Waals surface area contributed by atoms with Crippen LogP contribution in [0, 0.1) is 0 Å². The number of thioether (sulfide) groups is 1. The van der Waals surface area contributed by atoms with E-state index in [1.54, 1.807) is 17.3 Å². The molecule has 27 heavy (non-hydrogen) atoms. The third-order valence-corrected chi connectivity index (χ3v) is 6.29. The molecule has 0 unspecified atom stereocenters. The monoisotopic (exact) mass is 370 g/mol. The van der Waals surface area contributed by atoms with E-state index in [2.05, 4.69) is 47.5 Å². The molecule has 2 nitrogen and oxygen atoms in total. The van der Waals surface area contributed by atoms with Crippen LogP contribution in [0.2, 0.25) is 0 Å². The van der Waals surface area contributed by atoms with Crippen molar-refractivity contribution in [3.63, 3.8) is 0 Å². The van der Waals surface area contributed by atoms with Crippen LogP contribution in [0.5, 0.6) is 0 Å². The molecule has 0 atom stereocenters. The van der Waals surface area contributed by atoms with Gasteiger partial charge in [0.05, 0.1) is 0 Å². The van der Waals surface area contributed by atoms with Crippen molar-refractivity contribution < 1.29 is 0 Å². The second-order valence-corrected chi connectivity index (χ2v) is 8.05. The SMILES string of the molecule is CSc1nccc(Cc2cccc3ccc4c(c23)CCC2=C4C=CCC2)n1. The van der Waals surface area contributed by atoms with Gasteiger partial charge in [-0.15, -0.1) is 0 Å². The molecular formula is C24H22N2S. The van der Waals surface area contributed by atoms with Crippen LogP contribution >= 0.6 is 11.8 Å². The molecule has 3 aromatic rings. The van der Waals surface area contributed by atoms with E-state index < -0.39 is 0 Å². The molecule has 0 fully saturated rings. The number of hydrogen-bond donors (Lipinski definition) is 0. The average Bonchev–Trinajstić information content (AvgIpc) is 2.73. The van der Waals surface area contributed by atoms with Crippen LogP contribution in [0.1, 0.15) is 41.6 Å². The highest BCUT2D eigenvalue weighted by Gasteiger charge is 2.21. The molecule has 2 aliphatic rings. The Morgan fingerprint density at radius 1 is 1.04 bits per heavy atom. The van der Waals surface area contributed by atoms with E-state index in [0.717, 1.165) is 23.7 Å². The van der Waals surface area contributed by atoms with Gasteiger partial charge in [-0.2, -0.15) is 0 Å². The van der Waals surface area contributed by atoms with Gasteiger partial charge in [0.1, 0.15) is 0 Å². The lowest BCUT2D eigenvalue weighted by atomic mass is 9.78. The molecule has 0 saturated carbocycles. The van der Waals surface area contributed by atoms with Gasteiger partial charge in [0, 0.05) is 18.3 Å². The maximum absolute atomic E-state index is 4.70. The molecule has 0 spiro atoms. The van der Waals surface area contributed by atoms with Crippen molar-refractivity contribution >= 4 is 28.1 Å². The first-order valence-corrected chi connectivity index (χ1v) is 10.8. The second-order valence-electron chi connectivity index (χ2n) is 7.28. The molecule has 134 valence electrons. The number of aromatic nitrogens is 2. The normalized spacial score (nSPS) is 15.7. The van der Waals surface area contributed by atoms with Crippen molar-refractivity contribution in [2.45, 2.75) is 37.3 Å². The summed E-state index contributed by atoms with van der Waals surface area (Å²) in [5, 5.41) is 3.62. The van der Waals surface area contributed by atoms with Crippen LogP contribution in [0.4, 0.5) is 0 Å². The zero-order chi connectivity index (χ0) is 18.2. The fourth-order valence-corrected chi connectivity index (χ4v) is 4.86. The molecule has 0 bridgehead atoms. The summed E-state index contributed by atoms with van der Waals surface area (Å²) >= 11 is 1.60. The first kappa shape index (κ1) is 16.8. The zero-order valence-corrected chi connectivity index (χ0v) is 16.4. The van der Waals surface area contributed by atoms with Crippen LogP contribution in [-0.4, -0.2) is 16.2 Å². The first-order chi connectivity index (χ1) is 13.3. The molecule has 2 aliphatic carbocycles. The molecule has 0 amide bonds. The summed E-state index contributed by atoms with van der Waals surface area (Å²) in [5.41, 5.74) is 8.55. The molecule has 2 aromatic carbocycles. The summed E-state index contributed by atoms with van der Waals surface area (Å²) in [5.74, 6) is 0. The van der Waals surface area contributed by atoms with Gasteiger partial charge in [-0.05, 0) is 71.0 Å². The molecule has 1 aromatic heterocycles. The van der Waals surface area contributed by atoms with Crippen LogP contribution < -0.4 is 0 Å². The summed E-state index contributed by atoms with van der Waals surface area (Å²) < 4.78 is 0. The van der Waals surface area contributed by atoms with Crippen LogP contribution in [-0.2, 0) is 12.8 Å². The van der Waals surface area contributed by atoms with Gasteiger partial charge in [-0.3, -0.25) is 0 Å². The fourth-order valence-electron chi connectivity index (χ4n) is 4.49. The highest BCUT2D eigenvalue weighted by Crippen LogP contribution is 2.40. The number of fused-ring (bicyclic) bond motifs is 4. The van der Waals surface area contributed by atoms with E-state index in [9.17, 15) is 0 Å². The lowest BCUT2D eigenvalue weighted by Crippen LogP contribution is -2.08. The number of aryl methyl sites for hydroxylation is 1. The van der Waals surface area contributed by atoms with E-state index in [4.69, 9.17) is 4.98 Å². The van der Waals surface area contributed by atoms with Gasteiger partial charge in [0.25, 0.3) is 0 Å². The largest absolute Gasteiger partial charge is 0.231 e. The minimum Gasteiger partial charge on any atom is -0.231 e. The Kier molecular flexibility index (Phi) is 4.33. The van der Waals surface area contributed by atoms with E-state index in [-0.39, 0.29) is 0 Å². The number of hydrogen-bond acceptors (Lipinski definition) is 3. The molecule has 5 rings (SSSR count). The van der Waals surface area contributed by atoms with Crippen molar-refractivity contribution in [2.75, 3.05) is 6.26 Å². The zero-order valence-electron chi connectivity index (χ0n) is 15.5. The smallest absolute Gasteiger partial charge is 0.187 e. The number of nitrogens with zero attached hydrogens (tertiary/aromatic N) is 2. The lowest BCUT2D eigenvalue weighted by molar-refractivity contribution is 0.830. The molecule has 1 heterocycles. The first-order valence-electron chi connectivity index (χ1n) is 9.62. The van der Waals surface area contributed by atoms with Crippen LogP contribution in [0.25, 0.3) is 16.3 Å². The van der Waals surface area contributed by atoms with E-state index in [1.807, 2.05) is 18.5 Å². The molecule has 0 saturated heterocycles. The number of allylic oxidation sites excluding steroid dienone is 4. The van der Waals surface area contributed by atoms with Gasteiger partial charge in [0.15, 0.2) is 5.16 Å². The van der Waals surface area contributed by atoms with E-state index in [1.165, 1.54) is 52.3 Å². The predicted molar refractivity (Wildman–Crippen MR) is 114 cm³/mol. The number of rotatable bonds is 3. The molecule has 0 N–H and O–H groups in total. The average molecular weight is 371 g/mol. The second kappa shape index (κ2) is 6.97. The van der Waals surface area contributed by atoms with Crippen molar-refractivity contribution in [2.24, 2.45) is 0 Å². The lowest BCUT2D eigenvalue weighted by Gasteiger charge is -2.26. The van der Waals surface area contributed by atoms with E-state index >= 15 is 0 Å². The van der Waals surface area contributed by atoms with Gasteiger partial charge in [-0.25, -0.2) is 9.97 Å². The van der Waals surface area contributed by atoms with Gasteiger partial charge in [-0.1, -0.05) is 59.8 Å². The van der Waals surface area contributed by atoms with Crippen molar-refractivity contribution in [3.05, 3.63) is 82.7 Å².